The third-order valence-electron chi connectivity index (χ3n) is 2.80. The number of alkyl halides is 1. The van der Waals surface area contributed by atoms with Gasteiger partial charge < -0.3 is 9.15 Å². The summed E-state index contributed by atoms with van der Waals surface area (Å²) in [5.74, 6) is 2.61. The molecule has 2 rings (SSSR count). The Kier molecular flexibility index (Phi) is 3.65. The molecule has 0 radical (unpaired) electrons. The number of oxazole rings is 1. The summed E-state index contributed by atoms with van der Waals surface area (Å²) in [6, 6.07) is 0. The summed E-state index contributed by atoms with van der Waals surface area (Å²) in [5, 5.41) is 0. The lowest BCUT2D eigenvalue weighted by atomic mass is 9.79. The molecule has 0 amide bonds. The van der Waals surface area contributed by atoms with Gasteiger partial charge in [0.05, 0.1) is 18.2 Å². The Morgan fingerprint density at radius 3 is 3.00 bits per heavy atom. The van der Waals surface area contributed by atoms with Crippen LogP contribution in [0, 0.1) is 5.92 Å². The maximum Gasteiger partial charge on any atom is 0.209 e. The van der Waals surface area contributed by atoms with Crippen LogP contribution < -0.4 is 0 Å². The van der Waals surface area contributed by atoms with E-state index in [0.29, 0.717) is 23.8 Å². The number of hydrogen-bond acceptors (Lipinski definition) is 3. The second-order valence-corrected chi connectivity index (χ2v) is 4.24. The summed E-state index contributed by atoms with van der Waals surface area (Å²) in [6.45, 7) is 2.85. The molecule has 1 aromatic rings. The van der Waals surface area contributed by atoms with E-state index in [2.05, 4.69) is 4.98 Å². The Labute approximate surface area is 94.8 Å². The number of hydrogen-bond donors (Lipinski definition) is 0. The highest BCUT2D eigenvalue weighted by molar-refractivity contribution is 6.16. The third-order valence-corrected chi connectivity index (χ3v) is 3.03. The minimum absolute atomic E-state index is 0.353. The van der Waals surface area contributed by atoms with Crippen molar-refractivity contribution in [3.8, 4) is 0 Å². The van der Waals surface area contributed by atoms with Gasteiger partial charge in [0.15, 0.2) is 0 Å². The quantitative estimate of drug-likeness (QED) is 0.729. The van der Waals surface area contributed by atoms with E-state index in [1.54, 1.807) is 6.20 Å². The zero-order valence-electron chi connectivity index (χ0n) is 8.91. The van der Waals surface area contributed by atoms with Crippen LogP contribution in [0.15, 0.2) is 10.6 Å². The van der Waals surface area contributed by atoms with Gasteiger partial charge in [0.1, 0.15) is 5.76 Å². The van der Waals surface area contributed by atoms with E-state index in [1.165, 1.54) is 0 Å². The molecule has 0 bridgehead atoms. The Hall–Kier alpha value is -0.540. The van der Waals surface area contributed by atoms with E-state index in [-0.39, 0.29) is 0 Å². The molecule has 3 nitrogen and oxygen atoms in total. The SMILES string of the molecule is CCOC1CC(Cc2cnc(CCl)o2)C1. The maximum absolute atomic E-state index is 5.61. The zero-order valence-corrected chi connectivity index (χ0v) is 9.67. The summed E-state index contributed by atoms with van der Waals surface area (Å²) in [5.41, 5.74) is 0. The molecule has 15 heavy (non-hydrogen) atoms. The maximum atomic E-state index is 5.61. The number of ether oxygens (including phenoxy) is 1. The number of nitrogens with zero attached hydrogens (tertiary/aromatic N) is 1. The first kappa shape index (κ1) is 11.0. The molecule has 0 aromatic carbocycles. The van der Waals surface area contributed by atoms with Gasteiger partial charge in [0, 0.05) is 13.0 Å². The summed E-state index contributed by atoms with van der Waals surface area (Å²) < 4.78 is 11.0. The van der Waals surface area contributed by atoms with Gasteiger partial charge in [-0.1, -0.05) is 0 Å². The average Bonchev–Trinajstić information content (AvgIpc) is 2.62. The molecule has 1 heterocycles. The van der Waals surface area contributed by atoms with Gasteiger partial charge in [0.25, 0.3) is 0 Å². The fourth-order valence-corrected chi connectivity index (χ4v) is 2.13. The van der Waals surface area contributed by atoms with Gasteiger partial charge in [-0.05, 0) is 25.7 Å². The van der Waals surface area contributed by atoms with Crippen molar-refractivity contribution >= 4 is 11.6 Å². The molecule has 4 heteroatoms. The Balaban J connectivity index is 1.75. The first-order valence-corrected chi connectivity index (χ1v) is 5.96. The lowest BCUT2D eigenvalue weighted by molar-refractivity contribution is -0.0252. The lowest BCUT2D eigenvalue weighted by Crippen LogP contribution is -2.32. The molecule has 84 valence electrons. The van der Waals surface area contributed by atoms with Crippen LogP contribution in [-0.2, 0) is 17.0 Å². The van der Waals surface area contributed by atoms with Gasteiger partial charge in [-0.3, -0.25) is 0 Å². The van der Waals surface area contributed by atoms with Crippen molar-refractivity contribution in [2.75, 3.05) is 6.61 Å². The molecular weight excluding hydrogens is 214 g/mol. The molecular formula is C11H16ClNO2. The summed E-state index contributed by atoms with van der Waals surface area (Å²) in [6.07, 6.45) is 5.50. The van der Waals surface area contributed by atoms with Gasteiger partial charge in [-0.2, -0.15) is 0 Å². The van der Waals surface area contributed by atoms with Crippen LogP contribution in [0.1, 0.15) is 31.4 Å². The molecule has 0 unspecified atom stereocenters. The van der Waals surface area contributed by atoms with Crippen molar-refractivity contribution in [2.45, 2.75) is 38.2 Å². The van der Waals surface area contributed by atoms with Crippen LogP contribution in [0.3, 0.4) is 0 Å². The fraction of sp³-hybridized carbons (Fsp3) is 0.727. The predicted octanol–water partition coefficient (Wildman–Crippen LogP) is 2.77. The second-order valence-electron chi connectivity index (χ2n) is 3.97. The summed E-state index contributed by atoms with van der Waals surface area (Å²) >= 11 is 5.61. The molecule has 1 aromatic heterocycles. The van der Waals surface area contributed by atoms with Crippen LogP contribution >= 0.6 is 11.6 Å². The first-order valence-electron chi connectivity index (χ1n) is 5.43. The van der Waals surface area contributed by atoms with Crippen LogP contribution in [0.5, 0.6) is 0 Å². The normalized spacial score (nSPS) is 25.2. The fourth-order valence-electron chi connectivity index (χ4n) is 2.00. The molecule has 1 fully saturated rings. The molecule has 0 atom stereocenters. The predicted molar refractivity (Wildman–Crippen MR) is 57.9 cm³/mol. The highest BCUT2D eigenvalue weighted by Gasteiger charge is 2.30. The van der Waals surface area contributed by atoms with Gasteiger partial charge in [-0.15, -0.1) is 11.6 Å². The van der Waals surface area contributed by atoms with E-state index in [4.69, 9.17) is 20.8 Å². The first-order chi connectivity index (χ1) is 7.31. The van der Waals surface area contributed by atoms with E-state index < -0.39 is 0 Å². The topological polar surface area (TPSA) is 35.3 Å². The standard InChI is InChI=1S/C11H16ClNO2/c1-2-14-9-3-8(4-9)5-10-7-13-11(6-12)15-10/h7-9H,2-6H2,1H3. The number of aromatic nitrogens is 1. The molecule has 0 N–H and O–H groups in total. The smallest absolute Gasteiger partial charge is 0.209 e. The molecule has 0 aliphatic heterocycles. The van der Waals surface area contributed by atoms with Crippen LogP contribution in [0.25, 0.3) is 0 Å². The van der Waals surface area contributed by atoms with Crippen molar-refractivity contribution in [1.82, 2.24) is 4.98 Å². The van der Waals surface area contributed by atoms with Crippen LogP contribution in [0.4, 0.5) is 0 Å². The number of halogens is 1. The zero-order chi connectivity index (χ0) is 10.7. The van der Waals surface area contributed by atoms with Crippen molar-refractivity contribution in [3.05, 3.63) is 17.8 Å². The number of rotatable bonds is 5. The highest BCUT2D eigenvalue weighted by atomic mass is 35.5. The Morgan fingerprint density at radius 2 is 2.40 bits per heavy atom. The van der Waals surface area contributed by atoms with Gasteiger partial charge in [-0.25, -0.2) is 4.98 Å². The van der Waals surface area contributed by atoms with E-state index >= 15 is 0 Å². The lowest BCUT2D eigenvalue weighted by Gasteiger charge is -2.34. The average molecular weight is 230 g/mol. The monoisotopic (exact) mass is 229 g/mol. The Bertz CT molecular complexity index is 307. The summed E-state index contributed by atoms with van der Waals surface area (Å²) in [4.78, 5) is 4.07. The summed E-state index contributed by atoms with van der Waals surface area (Å²) in [7, 11) is 0. The third kappa shape index (κ3) is 2.73. The van der Waals surface area contributed by atoms with Gasteiger partial charge >= 0.3 is 0 Å². The molecule has 1 aliphatic rings. The molecule has 1 saturated carbocycles. The van der Waals surface area contributed by atoms with E-state index in [1.807, 2.05) is 6.92 Å². The van der Waals surface area contributed by atoms with Crippen molar-refractivity contribution in [1.29, 1.82) is 0 Å². The van der Waals surface area contributed by atoms with Crippen molar-refractivity contribution < 1.29 is 9.15 Å². The van der Waals surface area contributed by atoms with Crippen LogP contribution in [-0.4, -0.2) is 17.7 Å². The van der Waals surface area contributed by atoms with Crippen molar-refractivity contribution in [2.24, 2.45) is 5.92 Å². The van der Waals surface area contributed by atoms with Crippen LogP contribution in [0.2, 0.25) is 0 Å². The molecule has 1 aliphatic carbocycles. The molecule has 0 saturated heterocycles. The second kappa shape index (κ2) is 4.99. The van der Waals surface area contributed by atoms with E-state index in [9.17, 15) is 0 Å². The van der Waals surface area contributed by atoms with E-state index in [0.717, 1.165) is 31.6 Å². The molecule has 0 spiro atoms. The highest BCUT2D eigenvalue weighted by Crippen LogP contribution is 2.32. The van der Waals surface area contributed by atoms with Crippen molar-refractivity contribution in [3.63, 3.8) is 0 Å². The largest absolute Gasteiger partial charge is 0.444 e. The minimum atomic E-state index is 0.353. The Morgan fingerprint density at radius 1 is 1.60 bits per heavy atom. The minimum Gasteiger partial charge on any atom is -0.444 e. The van der Waals surface area contributed by atoms with Gasteiger partial charge in [0.2, 0.25) is 5.89 Å².